The lowest BCUT2D eigenvalue weighted by Crippen LogP contribution is -2.26. The van der Waals surface area contributed by atoms with Crippen LogP contribution in [0.15, 0.2) is 0 Å². The quantitative estimate of drug-likeness (QED) is 0.630. The normalized spacial score (nSPS) is 30.3. The van der Waals surface area contributed by atoms with Crippen LogP contribution in [0.1, 0.15) is 32.6 Å². The van der Waals surface area contributed by atoms with Crippen molar-refractivity contribution in [2.45, 2.75) is 32.6 Å². The molecule has 1 spiro atoms. The zero-order valence-electron chi connectivity index (χ0n) is 9.69. The van der Waals surface area contributed by atoms with Crippen molar-refractivity contribution in [1.29, 1.82) is 21.0 Å². The van der Waals surface area contributed by atoms with Gasteiger partial charge in [0.05, 0.1) is 24.3 Å². The van der Waals surface area contributed by atoms with Gasteiger partial charge in [0, 0.05) is 5.41 Å². The topological polar surface area (TPSA) is 95.2 Å². The summed E-state index contributed by atoms with van der Waals surface area (Å²) in [5, 5.41) is 37.3. The molecule has 2 aliphatic rings. The lowest BCUT2D eigenvalue weighted by molar-refractivity contribution is 0.189. The summed E-state index contributed by atoms with van der Waals surface area (Å²) in [4.78, 5) is 0. The van der Waals surface area contributed by atoms with Crippen LogP contribution in [0.5, 0.6) is 0 Å². The fraction of sp³-hybridized carbons (Fsp3) is 0.692. The van der Waals surface area contributed by atoms with Gasteiger partial charge in [0.15, 0.2) is 10.8 Å². The molecule has 0 aromatic heterocycles. The molecule has 0 radical (unpaired) electrons. The Hall–Kier alpha value is -2.04. The molecule has 4 nitrogen and oxygen atoms in total. The maximum atomic E-state index is 9.31. The van der Waals surface area contributed by atoms with E-state index in [2.05, 4.69) is 0 Å². The number of nitriles is 4. The first-order valence-electron chi connectivity index (χ1n) is 5.77. The van der Waals surface area contributed by atoms with E-state index in [1.54, 1.807) is 0 Å². The van der Waals surface area contributed by atoms with Gasteiger partial charge in [-0.2, -0.15) is 21.0 Å². The first-order chi connectivity index (χ1) is 8.12. The molecule has 0 N–H and O–H groups in total. The van der Waals surface area contributed by atoms with Gasteiger partial charge in [-0.15, -0.1) is 0 Å². The smallest absolute Gasteiger partial charge is 0.184 e. The predicted molar refractivity (Wildman–Crippen MR) is 57.4 cm³/mol. The largest absolute Gasteiger partial charge is 0.196 e. The van der Waals surface area contributed by atoms with E-state index in [1.165, 1.54) is 0 Å². The highest BCUT2D eigenvalue weighted by molar-refractivity contribution is 5.56. The van der Waals surface area contributed by atoms with Gasteiger partial charge in [0.25, 0.3) is 0 Å². The van der Waals surface area contributed by atoms with Crippen LogP contribution < -0.4 is 0 Å². The minimum Gasteiger partial charge on any atom is -0.196 e. The Morgan fingerprint density at radius 2 is 1.35 bits per heavy atom. The number of hydrogen-bond donors (Lipinski definition) is 0. The summed E-state index contributed by atoms with van der Waals surface area (Å²) in [6.07, 6.45) is 3.45. The minimum atomic E-state index is -1.43. The van der Waals surface area contributed by atoms with Crippen LogP contribution in [0.25, 0.3) is 0 Å². The zero-order chi connectivity index (χ0) is 12.7. The van der Waals surface area contributed by atoms with Crippen molar-refractivity contribution < 1.29 is 0 Å². The van der Waals surface area contributed by atoms with E-state index in [0.717, 1.165) is 19.3 Å². The van der Waals surface area contributed by atoms with Crippen LogP contribution in [0.3, 0.4) is 0 Å². The van der Waals surface area contributed by atoms with Crippen molar-refractivity contribution in [1.82, 2.24) is 0 Å². The molecule has 4 heteroatoms. The molecule has 17 heavy (non-hydrogen) atoms. The highest BCUT2D eigenvalue weighted by Gasteiger charge is 2.92. The molecule has 0 amide bonds. The maximum absolute atomic E-state index is 9.31. The number of rotatable bonds is 0. The van der Waals surface area contributed by atoms with Crippen LogP contribution >= 0.6 is 0 Å². The van der Waals surface area contributed by atoms with E-state index in [4.69, 9.17) is 0 Å². The second-order valence-corrected chi connectivity index (χ2v) is 5.07. The standard InChI is InChI=1S/C13H12N4/c1-10-4-2-3-5-13(10)11(6-14,7-15)12(13,8-16)9-17/h10H,2-5H2,1H3/t10-/m0/s1. The Kier molecular flexibility index (Phi) is 2.17. The summed E-state index contributed by atoms with van der Waals surface area (Å²) in [5.41, 5.74) is -3.59. The Labute approximate surface area is 101 Å². The molecule has 0 aromatic rings. The van der Waals surface area contributed by atoms with Gasteiger partial charge in [-0.25, -0.2) is 0 Å². The Morgan fingerprint density at radius 1 is 0.882 bits per heavy atom. The molecular formula is C13H12N4. The van der Waals surface area contributed by atoms with Crippen molar-refractivity contribution in [3.8, 4) is 24.3 Å². The maximum Gasteiger partial charge on any atom is 0.184 e. The fourth-order valence-electron chi connectivity index (χ4n) is 3.90. The third-order valence-electron chi connectivity index (χ3n) is 4.81. The third kappa shape index (κ3) is 0.833. The molecule has 84 valence electrons. The predicted octanol–water partition coefficient (Wildman–Crippen LogP) is 2.26. The van der Waals surface area contributed by atoms with Crippen LogP contribution in [0.2, 0.25) is 0 Å². The molecule has 0 aliphatic heterocycles. The number of nitrogens with zero attached hydrogens (tertiary/aromatic N) is 4. The minimum absolute atomic E-state index is 0.0786. The Bertz CT molecular complexity index is 454. The average Bonchev–Trinajstić information content (AvgIpc) is 2.89. The summed E-state index contributed by atoms with van der Waals surface area (Å²) >= 11 is 0. The summed E-state index contributed by atoms with van der Waals surface area (Å²) in [6.45, 7) is 1.96. The van der Waals surface area contributed by atoms with Crippen LogP contribution in [0, 0.1) is 67.5 Å². The van der Waals surface area contributed by atoms with E-state index < -0.39 is 16.2 Å². The van der Waals surface area contributed by atoms with Gasteiger partial charge < -0.3 is 0 Å². The lowest BCUT2D eigenvalue weighted by Gasteiger charge is -2.30. The molecule has 0 heterocycles. The Morgan fingerprint density at radius 3 is 1.71 bits per heavy atom. The fourth-order valence-corrected chi connectivity index (χ4v) is 3.90. The summed E-state index contributed by atoms with van der Waals surface area (Å²) in [6, 6.07) is 7.92. The Balaban J connectivity index is 2.65. The third-order valence-corrected chi connectivity index (χ3v) is 4.81. The van der Waals surface area contributed by atoms with Gasteiger partial charge in [-0.1, -0.05) is 19.8 Å². The zero-order valence-corrected chi connectivity index (χ0v) is 9.69. The second kappa shape index (κ2) is 3.23. The van der Waals surface area contributed by atoms with Gasteiger partial charge >= 0.3 is 0 Å². The van der Waals surface area contributed by atoms with Gasteiger partial charge in [0.2, 0.25) is 0 Å². The van der Waals surface area contributed by atoms with Crippen molar-refractivity contribution in [3.63, 3.8) is 0 Å². The molecule has 2 rings (SSSR count). The highest BCUT2D eigenvalue weighted by Crippen LogP contribution is 2.83. The summed E-state index contributed by atoms with van der Waals surface area (Å²) in [5.74, 6) is 0.0786. The van der Waals surface area contributed by atoms with Gasteiger partial charge in [-0.05, 0) is 18.8 Å². The molecule has 0 bridgehead atoms. The summed E-state index contributed by atoms with van der Waals surface area (Å²) < 4.78 is 0. The molecule has 0 aromatic carbocycles. The first-order valence-corrected chi connectivity index (χ1v) is 5.77. The molecule has 0 saturated heterocycles. The molecule has 1 atom stereocenters. The van der Waals surface area contributed by atoms with Crippen molar-refractivity contribution in [2.24, 2.45) is 22.2 Å². The van der Waals surface area contributed by atoms with Crippen molar-refractivity contribution in [3.05, 3.63) is 0 Å². The van der Waals surface area contributed by atoms with Crippen LogP contribution in [-0.4, -0.2) is 0 Å². The van der Waals surface area contributed by atoms with E-state index in [9.17, 15) is 21.0 Å². The SMILES string of the molecule is C[C@H]1CCCCC12C(C#N)(C#N)C2(C#N)C#N. The monoisotopic (exact) mass is 224 g/mol. The van der Waals surface area contributed by atoms with E-state index in [1.807, 2.05) is 31.2 Å². The molecule has 2 aliphatic carbocycles. The average molecular weight is 224 g/mol. The molecular weight excluding hydrogens is 212 g/mol. The van der Waals surface area contributed by atoms with E-state index in [0.29, 0.717) is 6.42 Å². The highest BCUT2D eigenvalue weighted by atomic mass is 14.9. The van der Waals surface area contributed by atoms with Crippen molar-refractivity contribution >= 4 is 0 Å². The first kappa shape index (κ1) is 11.4. The van der Waals surface area contributed by atoms with Gasteiger partial charge in [0.1, 0.15) is 0 Å². The molecule has 0 unspecified atom stereocenters. The van der Waals surface area contributed by atoms with E-state index >= 15 is 0 Å². The van der Waals surface area contributed by atoms with Crippen molar-refractivity contribution in [2.75, 3.05) is 0 Å². The molecule has 2 saturated carbocycles. The lowest BCUT2D eigenvalue weighted by atomic mass is 9.71. The molecule has 2 fully saturated rings. The van der Waals surface area contributed by atoms with Crippen LogP contribution in [-0.2, 0) is 0 Å². The summed E-state index contributed by atoms with van der Waals surface area (Å²) in [7, 11) is 0. The van der Waals surface area contributed by atoms with E-state index in [-0.39, 0.29) is 5.92 Å². The second-order valence-electron chi connectivity index (χ2n) is 5.07. The van der Waals surface area contributed by atoms with Crippen LogP contribution in [0.4, 0.5) is 0 Å². The van der Waals surface area contributed by atoms with Gasteiger partial charge in [-0.3, -0.25) is 0 Å². The number of hydrogen-bond acceptors (Lipinski definition) is 4.